The number of benzene rings is 2. The van der Waals surface area contributed by atoms with Crippen LogP contribution in [-0.2, 0) is 6.54 Å². The molecule has 1 aliphatic heterocycles. The number of aromatic nitrogens is 1. The van der Waals surface area contributed by atoms with Gasteiger partial charge in [-0.1, -0.05) is 63.3 Å². The lowest BCUT2D eigenvalue weighted by Gasteiger charge is -2.26. The predicted octanol–water partition coefficient (Wildman–Crippen LogP) is 8.20. The van der Waals surface area contributed by atoms with Crippen molar-refractivity contribution < 1.29 is 14.7 Å². The largest absolute Gasteiger partial charge is 0.478 e. The van der Waals surface area contributed by atoms with E-state index in [9.17, 15) is 14.7 Å². The minimum atomic E-state index is -0.891. The van der Waals surface area contributed by atoms with Crippen LogP contribution in [0.1, 0.15) is 109 Å². The van der Waals surface area contributed by atoms with Gasteiger partial charge in [0.05, 0.1) is 16.6 Å². The van der Waals surface area contributed by atoms with Crippen LogP contribution in [-0.4, -0.2) is 39.5 Å². The SMILES string of the molecule is CCCCCn1cc(C(=O)N2CCCC2)c2cccc(/C=C(/c3ccc(C(=O)O)cc3C)C3CCCCC3)c21. The Labute approximate surface area is 232 Å². The van der Waals surface area contributed by atoms with Crippen LogP contribution >= 0.6 is 0 Å². The van der Waals surface area contributed by atoms with Crippen molar-refractivity contribution in [1.82, 2.24) is 9.47 Å². The lowest BCUT2D eigenvalue weighted by Crippen LogP contribution is -2.27. The molecule has 206 valence electrons. The molecular weight excluding hydrogens is 484 g/mol. The summed E-state index contributed by atoms with van der Waals surface area (Å²) in [6.45, 7) is 6.84. The van der Waals surface area contributed by atoms with E-state index in [1.54, 1.807) is 12.1 Å². The van der Waals surface area contributed by atoms with Gasteiger partial charge in [-0.2, -0.15) is 0 Å². The number of hydrogen-bond donors (Lipinski definition) is 1. The van der Waals surface area contributed by atoms with Gasteiger partial charge in [0.15, 0.2) is 0 Å². The van der Waals surface area contributed by atoms with E-state index in [1.165, 1.54) is 24.8 Å². The van der Waals surface area contributed by atoms with Gasteiger partial charge in [0.1, 0.15) is 0 Å². The van der Waals surface area contributed by atoms with E-state index >= 15 is 0 Å². The topological polar surface area (TPSA) is 62.5 Å². The van der Waals surface area contributed by atoms with Gasteiger partial charge in [0, 0.05) is 31.2 Å². The molecular formula is C34H42N2O3. The van der Waals surface area contributed by atoms with Gasteiger partial charge < -0.3 is 14.6 Å². The normalized spacial score (nSPS) is 16.8. The lowest BCUT2D eigenvalue weighted by atomic mass is 9.79. The standard InChI is InChI=1S/C34H42N2O3/c1-3-4-8-20-36-23-31(33(37)35-18-9-10-19-35)29-15-11-14-26(32(29)36)22-30(25-12-6-5-7-13-25)28-17-16-27(34(38)39)21-24(28)2/h11,14-17,21-23,25H,3-10,12-13,18-20H2,1-2H3,(H,38,39)/b30-22+. The minimum Gasteiger partial charge on any atom is -0.478 e. The van der Waals surface area contributed by atoms with E-state index < -0.39 is 5.97 Å². The Morgan fingerprint density at radius 3 is 2.44 bits per heavy atom. The molecule has 2 aromatic carbocycles. The number of hydrogen-bond acceptors (Lipinski definition) is 2. The second-order valence-electron chi connectivity index (χ2n) is 11.5. The van der Waals surface area contributed by atoms with Crippen molar-refractivity contribution >= 4 is 34.4 Å². The Morgan fingerprint density at radius 1 is 0.974 bits per heavy atom. The Bertz CT molecular complexity index is 1370. The summed E-state index contributed by atoms with van der Waals surface area (Å²) in [4.78, 5) is 27.2. The second-order valence-corrected chi connectivity index (χ2v) is 11.5. The van der Waals surface area contributed by atoms with Gasteiger partial charge in [0.25, 0.3) is 5.91 Å². The summed E-state index contributed by atoms with van der Waals surface area (Å²) in [5.74, 6) is -0.296. The molecule has 0 unspecified atom stereocenters. The fourth-order valence-electron chi connectivity index (χ4n) is 6.59. The Balaban J connectivity index is 1.65. The first kappa shape index (κ1) is 27.2. The highest BCUT2D eigenvalue weighted by atomic mass is 16.4. The molecule has 3 aromatic rings. The van der Waals surface area contributed by atoms with Crippen molar-refractivity contribution in [2.45, 2.75) is 84.6 Å². The first-order valence-electron chi connectivity index (χ1n) is 14.9. The molecule has 0 radical (unpaired) electrons. The number of aromatic carboxylic acids is 1. The fraction of sp³-hybridized carbons (Fsp3) is 0.471. The van der Waals surface area contributed by atoms with Crippen LogP contribution in [0.5, 0.6) is 0 Å². The number of likely N-dealkylation sites (tertiary alicyclic amines) is 1. The van der Waals surface area contributed by atoms with E-state index in [0.29, 0.717) is 11.5 Å². The molecule has 5 rings (SSSR count). The monoisotopic (exact) mass is 526 g/mol. The van der Waals surface area contributed by atoms with Gasteiger partial charge in [0.2, 0.25) is 0 Å². The second kappa shape index (κ2) is 12.2. The first-order chi connectivity index (χ1) is 19.0. The van der Waals surface area contributed by atoms with E-state index in [-0.39, 0.29) is 5.91 Å². The Kier molecular flexibility index (Phi) is 8.54. The third-order valence-corrected chi connectivity index (χ3v) is 8.70. The summed E-state index contributed by atoms with van der Waals surface area (Å²) in [5, 5.41) is 10.6. The molecule has 2 aliphatic rings. The number of unbranched alkanes of at least 4 members (excludes halogenated alkanes) is 2. The van der Waals surface area contributed by atoms with Gasteiger partial charge >= 0.3 is 5.97 Å². The summed E-state index contributed by atoms with van der Waals surface area (Å²) in [6.07, 6.45) is 16.0. The predicted molar refractivity (Wildman–Crippen MR) is 159 cm³/mol. The lowest BCUT2D eigenvalue weighted by molar-refractivity contribution is 0.0696. The third-order valence-electron chi connectivity index (χ3n) is 8.70. The molecule has 1 saturated heterocycles. The maximum absolute atomic E-state index is 13.6. The number of nitrogens with zero attached hydrogens (tertiary/aromatic N) is 2. The number of carboxylic acid groups (broad SMARTS) is 1. The number of carbonyl (C=O) groups excluding carboxylic acids is 1. The molecule has 0 atom stereocenters. The number of rotatable bonds is 9. The van der Waals surface area contributed by atoms with Crippen molar-refractivity contribution in [2.75, 3.05) is 13.1 Å². The van der Waals surface area contributed by atoms with Crippen LogP contribution in [0.4, 0.5) is 0 Å². The summed E-state index contributed by atoms with van der Waals surface area (Å²) in [7, 11) is 0. The van der Waals surface area contributed by atoms with Crippen LogP contribution in [0.15, 0.2) is 42.6 Å². The zero-order valence-electron chi connectivity index (χ0n) is 23.5. The number of fused-ring (bicyclic) bond motifs is 1. The Hall–Kier alpha value is -3.34. The molecule has 1 N–H and O–H groups in total. The van der Waals surface area contributed by atoms with Crippen LogP contribution < -0.4 is 0 Å². The van der Waals surface area contributed by atoms with E-state index in [0.717, 1.165) is 97.7 Å². The highest BCUT2D eigenvalue weighted by molar-refractivity contribution is 6.09. The molecule has 5 nitrogen and oxygen atoms in total. The smallest absolute Gasteiger partial charge is 0.335 e. The molecule has 5 heteroatoms. The average molecular weight is 527 g/mol. The first-order valence-corrected chi connectivity index (χ1v) is 14.9. The summed E-state index contributed by atoms with van der Waals surface area (Å²) in [6, 6.07) is 11.9. The number of para-hydroxylation sites is 1. The highest BCUT2D eigenvalue weighted by Crippen LogP contribution is 2.39. The quantitative estimate of drug-likeness (QED) is 0.226. The highest BCUT2D eigenvalue weighted by Gasteiger charge is 2.25. The number of aryl methyl sites for hydroxylation is 2. The number of amides is 1. The van der Waals surface area contributed by atoms with Gasteiger partial charge in [-0.15, -0.1) is 0 Å². The molecule has 0 spiro atoms. The van der Waals surface area contributed by atoms with Crippen LogP contribution in [0, 0.1) is 12.8 Å². The van der Waals surface area contributed by atoms with E-state index in [4.69, 9.17) is 0 Å². The molecule has 39 heavy (non-hydrogen) atoms. The van der Waals surface area contributed by atoms with Gasteiger partial charge in [-0.05, 0) is 85.4 Å². The van der Waals surface area contributed by atoms with Gasteiger partial charge in [-0.25, -0.2) is 4.79 Å². The maximum Gasteiger partial charge on any atom is 0.335 e. The zero-order valence-corrected chi connectivity index (χ0v) is 23.5. The van der Waals surface area contributed by atoms with Crippen molar-refractivity contribution in [3.63, 3.8) is 0 Å². The fourth-order valence-corrected chi connectivity index (χ4v) is 6.59. The zero-order chi connectivity index (χ0) is 27.4. The number of allylic oxidation sites excluding steroid dienone is 1. The van der Waals surface area contributed by atoms with E-state index in [1.807, 2.05) is 17.9 Å². The minimum absolute atomic E-state index is 0.153. The molecule has 0 bridgehead atoms. The number of carbonyl (C=O) groups is 2. The number of carboxylic acids is 1. The summed E-state index contributed by atoms with van der Waals surface area (Å²) in [5.41, 5.74) is 6.88. The van der Waals surface area contributed by atoms with Crippen LogP contribution in [0.2, 0.25) is 0 Å². The molecule has 1 saturated carbocycles. The van der Waals surface area contributed by atoms with Gasteiger partial charge in [-0.3, -0.25) is 4.79 Å². The van der Waals surface area contributed by atoms with Crippen LogP contribution in [0.25, 0.3) is 22.6 Å². The molecule has 1 amide bonds. The van der Waals surface area contributed by atoms with Crippen LogP contribution in [0.3, 0.4) is 0 Å². The average Bonchev–Trinajstić information content (AvgIpc) is 3.61. The summed E-state index contributed by atoms with van der Waals surface area (Å²) < 4.78 is 2.32. The molecule has 1 aromatic heterocycles. The molecule has 2 heterocycles. The Morgan fingerprint density at radius 2 is 1.74 bits per heavy atom. The van der Waals surface area contributed by atoms with E-state index in [2.05, 4.69) is 42.0 Å². The van der Waals surface area contributed by atoms with Crippen molar-refractivity contribution in [3.05, 3.63) is 70.4 Å². The van der Waals surface area contributed by atoms with Crippen molar-refractivity contribution in [3.8, 4) is 0 Å². The third kappa shape index (κ3) is 5.83. The maximum atomic E-state index is 13.6. The van der Waals surface area contributed by atoms with Crippen molar-refractivity contribution in [2.24, 2.45) is 5.92 Å². The molecule has 1 aliphatic carbocycles. The van der Waals surface area contributed by atoms with Crippen molar-refractivity contribution in [1.29, 1.82) is 0 Å². The summed E-state index contributed by atoms with van der Waals surface area (Å²) >= 11 is 0. The molecule has 2 fully saturated rings.